The predicted octanol–water partition coefficient (Wildman–Crippen LogP) is 1.15. The Hall–Kier alpha value is -0.950. The van der Waals surface area contributed by atoms with Crippen molar-refractivity contribution in [1.29, 1.82) is 0 Å². The van der Waals surface area contributed by atoms with E-state index < -0.39 is 16.1 Å². The summed E-state index contributed by atoms with van der Waals surface area (Å²) in [5.41, 5.74) is 1.01. The van der Waals surface area contributed by atoms with Crippen LogP contribution < -0.4 is 0 Å². The molecule has 0 aromatic heterocycles. The zero-order chi connectivity index (χ0) is 15.1. The number of aliphatic hydroxyl groups is 1. The van der Waals surface area contributed by atoms with Crippen LogP contribution in [0.15, 0.2) is 29.2 Å². The highest BCUT2D eigenvalue weighted by Gasteiger charge is 2.49. The van der Waals surface area contributed by atoms with Crippen molar-refractivity contribution >= 4 is 10.0 Å². The van der Waals surface area contributed by atoms with Gasteiger partial charge in [-0.3, -0.25) is 0 Å². The third kappa shape index (κ3) is 2.88. The normalized spacial score (nSPS) is 25.5. The molecule has 0 saturated carbocycles. The summed E-state index contributed by atoms with van der Waals surface area (Å²) in [6.45, 7) is 5.35. The maximum atomic E-state index is 12.5. The number of aliphatic hydroxyl groups excluding tert-OH is 1. The van der Waals surface area contributed by atoms with Gasteiger partial charge in [0.05, 0.1) is 17.0 Å². The molecule has 0 amide bonds. The minimum Gasteiger partial charge on any atom is -0.391 e. The first kappa shape index (κ1) is 15.4. The smallest absolute Gasteiger partial charge is 0.243 e. The molecule has 1 saturated heterocycles. The molecule has 0 spiro atoms. The molecule has 6 heteroatoms. The molecule has 112 valence electrons. The van der Waals surface area contributed by atoms with Crippen LogP contribution in [0.4, 0.5) is 0 Å². The Labute approximate surface area is 120 Å². The van der Waals surface area contributed by atoms with E-state index in [0.29, 0.717) is 0 Å². The lowest BCUT2D eigenvalue weighted by Gasteiger charge is -2.23. The second-order valence-electron chi connectivity index (χ2n) is 5.38. The number of benzene rings is 1. The molecule has 0 radical (unpaired) electrons. The molecule has 2 rings (SSSR count). The predicted molar refractivity (Wildman–Crippen MR) is 75.9 cm³/mol. The average Bonchev–Trinajstić information content (AvgIpc) is 3.17. The lowest BCUT2D eigenvalue weighted by molar-refractivity contribution is 0.152. The fourth-order valence-corrected chi connectivity index (χ4v) is 3.59. The van der Waals surface area contributed by atoms with Crippen LogP contribution in [0.5, 0.6) is 0 Å². The van der Waals surface area contributed by atoms with E-state index in [9.17, 15) is 13.5 Å². The quantitative estimate of drug-likeness (QED) is 0.828. The van der Waals surface area contributed by atoms with Gasteiger partial charge in [-0.2, -0.15) is 4.31 Å². The van der Waals surface area contributed by atoms with Crippen molar-refractivity contribution in [1.82, 2.24) is 4.31 Å². The van der Waals surface area contributed by atoms with Gasteiger partial charge in [0.25, 0.3) is 0 Å². The highest BCUT2D eigenvalue weighted by atomic mass is 32.2. The zero-order valence-corrected chi connectivity index (χ0v) is 13.0. The van der Waals surface area contributed by atoms with Crippen molar-refractivity contribution in [3.8, 4) is 0 Å². The second-order valence-corrected chi connectivity index (χ2v) is 7.38. The fraction of sp³-hybridized carbons (Fsp3) is 0.571. The van der Waals surface area contributed by atoms with Gasteiger partial charge in [0.2, 0.25) is 10.0 Å². The van der Waals surface area contributed by atoms with Gasteiger partial charge in [-0.15, -0.1) is 0 Å². The third-order valence-corrected chi connectivity index (χ3v) is 5.74. The van der Waals surface area contributed by atoms with Crippen LogP contribution in [0.25, 0.3) is 0 Å². The Morgan fingerprint density at radius 3 is 2.20 bits per heavy atom. The van der Waals surface area contributed by atoms with E-state index in [1.54, 1.807) is 45.2 Å². The van der Waals surface area contributed by atoms with Crippen LogP contribution in [0, 0.1) is 6.92 Å². The summed E-state index contributed by atoms with van der Waals surface area (Å²) < 4.78 is 31.7. The zero-order valence-electron chi connectivity index (χ0n) is 12.1. The maximum absolute atomic E-state index is 12.5. The van der Waals surface area contributed by atoms with E-state index >= 15 is 0 Å². The molecule has 4 atom stereocenters. The van der Waals surface area contributed by atoms with Crippen LogP contribution in [0.2, 0.25) is 0 Å². The molecule has 1 aliphatic rings. The van der Waals surface area contributed by atoms with Gasteiger partial charge in [-0.1, -0.05) is 17.7 Å². The van der Waals surface area contributed by atoms with Gasteiger partial charge in [0.15, 0.2) is 0 Å². The summed E-state index contributed by atoms with van der Waals surface area (Å²) in [5.74, 6) is 0. The van der Waals surface area contributed by atoms with Gasteiger partial charge in [0, 0.05) is 7.05 Å². The first-order valence-electron chi connectivity index (χ1n) is 6.63. The molecular weight excluding hydrogens is 278 g/mol. The Bertz CT molecular complexity index is 567. The lowest BCUT2D eigenvalue weighted by atomic mass is 10.1. The van der Waals surface area contributed by atoms with E-state index in [4.69, 9.17) is 4.74 Å². The van der Waals surface area contributed by atoms with Crippen LogP contribution in [0.3, 0.4) is 0 Å². The number of epoxide rings is 1. The standard InChI is InChI=1S/C14H21NO4S/c1-9-5-7-12(8-6-9)20(17,18)15(4)10(2)13-14(19-13)11(3)16/h5-8,10-11,13-14,16H,1-4H3/t10-,11+,13-,14-/m1/s1. The maximum Gasteiger partial charge on any atom is 0.243 e. The largest absolute Gasteiger partial charge is 0.391 e. The van der Waals surface area contributed by atoms with Crippen molar-refractivity contribution in [3.05, 3.63) is 29.8 Å². The molecule has 1 N–H and O–H groups in total. The van der Waals surface area contributed by atoms with E-state index in [2.05, 4.69) is 0 Å². The highest BCUT2D eigenvalue weighted by molar-refractivity contribution is 7.89. The van der Waals surface area contributed by atoms with Crippen molar-refractivity contribution in [2.24, 2.45) is 0 Å². The van der Waals surface area contributed by atoms with Gasteiger partial charge in [-0.25, -0.2) is 8.42 Å². The first-order chi connectivity index (χ1) is 9.25. The molecular formula is C14H21NO4S. The molecule has 0 unspecified atom stereocenters. The number of ether oxygens (including phenoxy) is 1. The van der Waals surface area contributed by atoms with E-state index in [0.717, 1.165) is 5.56 Å². The Kier molecular flexibility index (Phi) is 4.20. The lowest BCUT2D eigenvalue weighted by Crippen LogP contribution is -2.39. The molecule has 0 aliphatic carbocycles. The van der Waals surface area contributed by atoms with Crippen molar-refractivity contribution < 1.29 is 18.3 Å². The number of aryl methyl sites for hydroxylation is 1. The van der Waals surface area contributed by atoms with Gasteiger partial charge in [0.1, 0.15) is 12.2 Å². The monoisotopic (exact) mass is 299 g/mol. The summed E-state index contributed by atoms with van der Waals surface area (Å²) in [7, 11) is -2.00. The van der Waals surface area contributed by atoms with E-state index in [1.807, 2.05) is 6.92 Å². The second kappa shape index (κ2) is 5.44. The Morgan fingerprint density at radius 2 is 1.75 bits per heavy atom. The van der Waals surface area contributed by atoms with E-state index in [1.165, 1.54) is 4.31 Å². The number of rotatable bonds is 5. The van der Waals surface area contributed by atoms with Gasteiger partial charge >= 0.3 is 0 Å². The van der Waals surface area contributed by atoms with E-state index in [-0.39, 0.29) is 23.1 Å². The number of nitrogens with zero attached hydrogens (tertiary/aromatic N) is 1. The highest BCUT2D eigenvalue weighted by Crippen LogP contribution is 2.32. The van der Waals surface area contributed by atoms with Crippen molar-refractivity contribution in [3.63, 3.8) is 0 Å². The summed E-state index contributed by atoms with van der Waals surface area (Å²) in [6.07, 6.45) is -1.11. The van der Waals surface area contributed by atoms with Crippen LogP contribution in [0.1, 0.15) is 19.4 Å². The van der Waals surface area contributed by atoms with Crippen molar-refractivity contribution in [2.45, 2.75) is 50.0 Å². The van der Waals surface area contributed by atoms with Crippen LogP contribution in [-0.2, 0) is 14.8 Å². The average molecular weight is 299 g/mol. The minimum absolute atomic E-state index is 0.250. The van der Waals surface area contributed by atoms with Gasteiger partial charge < -0.3 is 9.84 Å². The Morgan fingerprint density at radius 1 is 1.20 bits per heavy atom. The topological polar surface area (TPSA) is 70.1 Å². The minimum atomic E-state index is -3.54. The molecule has 5 nitrogen and oxygen atoms in total. The summed E-state index contributed by atoms with van der Waals surface area (Å²) in [6, 6.07) is 6.44. The number of hydrogen-bond donors (Lipinski definition) is 1. The molecule has 0 bridgehead atoms. The van der Waals surface area contributed by atoms with Crippen LogP contribution >= 0.6 is 0 Å². The summed E-state index contributed by atoms with van der Waals surface area (Å²) in [5, 5.41) is 9.45. The number of sulfonamides is 1. The number of hydrogen-bond acceptors (Lipinski definition) is 4. The molecule has 1 aromatic carbocycles. The first-order valence-corrected chi connectivity index (χ1v) is 8.07. The SMILES string of the molecule is Cc1ccc(S(=O)(=O)N(C)[C@H](C)[C@H]2O[C@@H]2[C@H](C)O)cc1. The molecule has 1 aromatic rings. The Balaban J connectivity index is 2.15. The third-order valence-electron chi connectivity index (χ3n) is 3.78. The molecule has 20 heavy (non-hydrogen) atoms. The van der Waals surface area contributed by atoms with Crippen LogP contribution in [-0.4, -0.2) is 49.2 Å². The summed E-state index contributed by atoms with van der Waals surface area (Å²) >= 11 is 0. The molecule has 1 fully saturated rings. The van der Waals surface area contributed by atoms with Crippen molar-refractivity contribution in [2.75, 3.05) is 7.05 Å². The molecule has 1 aliphatic heterocycles. The molecule has 1 heterocycles. The van der Waals surface area contributed by atoms with Gasteiger partial charge in [-0.05, 0) is 32.9 Å². The fourth-order valence-electron chi connectivity index (χ4n) is 2.21. The summed E-state index contributed by atoms with van der Waals surface area (Å²) in [4.78, 5) is 0.270. The number of likely N-dealkylation sites (N-methyl/N-ethyl adjacent to an activating group) is 1.